The monoisotopic (exact) mass is 257 g/mol. The maximum atomic E-state index is 12.0. The fraction of sp³-hybridized carbons (Fsp3) is 0.846. The predicted molar refractivity (Wildman–Crippen MR) is 72.9 cm³/mol. The van der Waals surface area contributed by atoms with Crippen LogP contribution in [0.15, 0.2) is 0 Å². The van der Waals surface area contributed by atoms with Crippen LogP contribution in [0.2, 0.25) is 0 Å². The highest BCUT2D eigenvalue weighted by atomic mass is 16.2. The number of carbonyl (C=O) groups excluding carboxylic acids is 2. The second kappa shape index (κ2) is 8.08. The molecule has 106 valence electrons. The number of hydrogen-bond acceptors (Lipinski definition) is 3. The van der Waals surface area contributed by atoms with Crippen molar-refractivity contribution < 1.29 is 9.59 Å². The molecule has 4 N–H and O–H groups in total. The van der Waals surface area contributed by atoms with Crippen molar-refractivity contribution in [2.24, 2.45) is 17.1 Å². The van der Waals surface area contributed by atoms with Gasteiger partial charge in [-0.2, -0.15) is 0 Å². The molecule has 2 amide bonds. The van der Waals surface area contributed by atoms with E-state index in [4.69, 9.17) is 5.73 Å². The van der Waals surface area contributed by atoms with Crippen LogP contribution in [-0.4, -0.2) is 31.4 Å². The lowest BCUT2D eigenvalue weighted by Gasteiger charge is -2.28. The summed E-state index contributed by atoms with van der Waals surface area (Å²) in [4.78, 5) is 23.5. The highest BCUT2D eigenvalue weighted by molar-refractivity contribution is 5.88. The van der Waals surface area contributed by atoms with Crippen molar-refractivity contribution in [2.45, 2.75) is 40.5 Å². The van der Waals surface area contributed by atoms with Gasteiger partial charge in [-0.3, -0.25) is 9.59 Å². The van der Waals surface area contributed by atoms with Gasteiger partial charge in [-0.1, -0.05) is 27.7 Å². The van der Waals surface area contributed by atoms with Gasteiger partial charge in [0.25, 0.3) is 0 Å². The van der Waals surface area contributed by atoms with Crippen LogP contribution in [0, 0.1) is 11.3 Å². The number of nitrogens with two attached hydrogens (primary N) is 1. The number of carbonyl (C=O) groups is 2. The van der Waals surface area contributed by atoms with Gasteiger partial charge in [-0.15, -0.1) is 0 Å². The molecular weight excluding hydrogens is 230 g/mol. The van der Waals surface area contributed by atoms with Gasteiger partial charge < -0.3 is 16.4 Å². The van der Waals surface area contributed by atoms with Crippen LogP contribution in [0.3, 0.4) is 0 Å². The Labute approximate surface area is 110 Å². The molecule has 0 unspecified atom stereocenters. The van der Waals surface area contributed by atoms with E-state index in [2.05, 4.69) is 10.6 Å². The van der Waals surface area contributed by atoms with Crippen LogP contribution < -0.4 is 16.4 Å². The summed E-state index contributed by atoms with van der Waals surface area (Å²) < 4.78 is 0. The average molecular weight is 257 g/mol. The Kier molecular flexibility index (Phi) is 7.59. The van der Waals surface area contributed by atoms with Crippen molar-refractivity contribution in [3.63, 3.8) is 0 Å². The van der Waals surface area contributed by atoms with Gasteiger partial charge >= 0.3 is 0 Å². The first kappa shape index (κ1) is 16.9. The SMILES string of the molecule is CCC(CC)(CN)C(=O)NCC(=O)NCC(C)C. The molecule has 5 heteroatoms. The normalized spacial score (nSPS) is 11.4. The summed E-state index contributed by atoms with van der Waals surface area (Å²) in [5, 5.41) is 5.43. The third-order valence-electron chi connectivity index (χ3n) is 3.34. The summed E-state index contributed by atoms with van der Waals surface area (Å²) in [5.74, 6) is 0.115. The third-order valence-corrected chi connectivity index (χ3v) is 3.34. The van der Waals surface area contributed by atoms with Gasteiger partial charge in [0.15, 0.2) is 0 Å². The van der Waals surface area contributed by atoms with Gasteiger partial charge in [0.05, 0.1) is 12.0 Å². The fourth-order valence-corrected chi connectivity index (χ4v) is 1.68. The first-order valence-electron chi connectivity index (χ1n) is 6.66. The van der Waals surface area contributed by atoms with Gasteiger partial charge in [-0.25, -0.2) is 0 Å². The first-order chi connectivity index (χ1) is 8.41. The van der Waals surface area contributed by atoms with Crippen molar-refractivity contribution >= 4 is 11.8 Å². The molecule has 5 nitrogen and oxygen atoms in total. The van der Waals surface area contributed by atoms with Crippen LogP contribution in [0.1, 0.15) is 40.5 Å². The molecule has 0 saturated carbocycles. The lowest BCUT2D eigenvalue weighted by Crippen LogP contribution is -2.48. The van der Waals surface area contributed by atoms with Gasteiger partial charge in [0.2, 0.25) is 11.8 Å². The highest BCUT2D eigenvalue weighted by Gasteiger charge is 2.33. The van der Waals surface area contributed by atoms with Crippen molar-refractivity contribution in [1.82, 2.24) is 10.6 Å². The highest BCUT2D eigenvalue weighted by Crippen LogP contribution is 2.24. The van der Waals surface area contributed by atoms with Gasteiger partial charge in [0.1, 0.15) is 0 Å². The molecule has 0 radical (unpaired) electrons. The molecule has 0 aliphatic rings. The molecule has 0 aromatic heterocycles. The van der Waals surface area contributed by atoms with Crippen LogP contribution in [0.5, 0.6) is 0 Å². The van der Waals surface area contributed by atoms with E-state index >= 15 is 0 Å². The van der Waals surface area contributed by atoms with Crippen molar-refractivity contribution in [3.8, 4) is 0 Å². The number of amides is 2. The average Bonchev–Trinajstić information content (AvgIpc) is 2.36. The smallest absolute Gasteiger partial charge is 0.239 e. The third kappa shape index (κ3) is 5.04. The van der Waals surface area contributed by atoms with Gasteiger partial charge in [0, 0.05) is 13.1 Å². The second-order valence-electron chi connectivity index (χ2n) is 5.07. The molecule has 0 saturated heterocycles. The maximum absolute atomic E-state index is 12.0. The number of hydrogen-bond donors (Lipinski definition) is 3. The molecule has 18 heavy (non-hydrogen) atoms. The minimum Gasteiger partial charge on any atom is -0.354 e. The van der Waals surface area contributed by atoms with E-state index in [1.807, 2.05) is 27.7 Å². The maximum Gasteiger partial charge on any atom is 0.239 e. The Morgan fingerprint density at radius 3 is 2.11 bits per heavy atom. The molecule has 0 heterocycles. The Hall–Kier alpha value is -1.10. The number of rotatable bonds is 8. The molecule has 0 aliphatic heterocycles. The van der Waals surface area contributed by atoms with Crippen molar-refractivity contribution in [2.75, 3.05) is 19.6 Å². The van der Waals surface area contributed by atoms with Crippen molar-refractivity contribution in [1.29, 1.82) is 0 Å². The van der Waals surface area contributed by atoms with Crippen LogP contribution in [0.4, 0.5) is 0 Å². The molecule has 0 atom stereocenters. The summed E-state index contributed by atoms with van der Waals surface area (Å²) in [6.45, 7) is 8.87. The zero-order chi connectivity index (χ0) is 14.2. The molecule has 0 aliphatic carbocycles. The lowest BCUT2D eigenvalue weighted by atomic mass is 9.81. The Balaban J connectivity index is 4.20. The van der Waals surface area contributed by atoms with E-state index in [9.17, 15) is 9.59 Å². The standard InChI is InChI=1S/C13H27N3O2/c1-5-13(6-2,9-14)12(18)16-8-11(17)15-7-10(3)4/h10H,5-9,14H2,1-4H3,(H,15,17)(H,16,18). The van der Waals surface area contributed by atoms with E-state index < -0.39 is 5.41 Å². The minimum absolute atomic E-state index is 0.0211. The lowest BCUT2D eigenvalue weighted by molar-refractivity contribution is -0.133. The summed E-state index contributed by atoms with van der Waals surface area (Å²) >= 11 is 0. The van der Waals surface area contributed by atoms with Crippen molar-refractivity contribution in [3.05, 3.63) is 0 Å². The van der Waals surface area contributed by atoms with Crippen LogP contribution in [-0.2, 0) is 9.59 Å². The van der Waals surface area contributed by atoms with E-state index in [-0.39, 0.29) is 18.4 Å². The van der Waals surface area contributed by atoms with Gasteiger partial charge in [-0.05, 0) is 18.8 Å². The quantitative estimate of drug-likeness (QED) is 0.596. The topological polar surface area (TPSA) is 84.2 Å². The fourth-order valence-electron chi connectivity index (χ4n) is 1.68. The number of nitrogens with one attached hydrogen (secondary N) is 2. The Bertz CT molecular complexity index is 265. The van der Waals surface area contributed by atoms with E-state index in [1.165, 1.54) is 0 Å². The Morgan fingerprint density at radius 2 is 1.72 bits per heavy atom. The summed E-state index contributed by atoms with van der Waals surface area (Å²) in [7, 11) is 0. The molecule has 0 aromatic carbocycles. The molecule has 0 fully saturated rings. The molecule has 0 aromatic rings. The van der Waals surface area contributed by atoms with Crippen LogP contribution >= 0.6 is 0 Å². The summed E-state index contributed by atoms with van der Waals surface area (Å²) in [6, 6.07) is 0. The molecular formula is C13H27N3O2. The molecule has 0 rings (SSSR count). The van der Waals surface area contributed by atoms with E-state index in [0.717, 1.165) is 0 Å². The minimum atomic E-state index is -0.543. The Morgan fingerprint density at radius 1 is 1.17 bits per heavy atom. The van der Waals surface area contributed by atoms with Crippen LogP contribution in [0.25, 0.3) is 0 Å². The first-order valence-corrected chi connectivity index (χ1v) is 6.66. The molecule has 0 bridgehead atoms. The zero-order valence-electron chi connectivity index (χ0n) is 12.0. The largest absolute Gasteiger partial charge is 0.354 e. The summed E-state index contributed by atoms with van der Waals surface area (Å²) in [6.07, 6.45) is 1.36. The van der Waals surface area contributed by atoms with E-state index in [0.29, 0.717) is 31.8 Å². The predicted octanol–water partition coefficient (Wildman–Crippen LogP) is 0.640. The summed E-state index contributed by atoms with van der Waals surface area (Å²) in [5.41, 5.74) is 5.13. The second-order valence-corrected chi connectivity index (χ2v) is 5.07. The van der Waals surface area contributed by atoms with E-state index in [1.54, 1.807) is 0 Å². The molecule has 0 spiro atoms. The zero-order valence-corrected chi connectivity index (χ0v) is 12.0.